The van der Waals surface area contributed by atoms with Gasteiger partial charge in [-0.2, -0.15) is 0 Å². The van der Waals surface area contributed by atoms with E-state index in [4.69, 9.17) is 4.74 Å². The molecule has 0 saturated heterocycles. The number of hydrogen-bond donors (Lipinski definition) is 1. The van der Waals surface area contributed by atoms with Crippen molar-refractivity contribution in [1.29, 1.82) is 0 Å². The maximum Gasteiger partial charge on any atom is 0.309 e. The highest BCUT2D eigenvalue weighted by atomic mass is 19.1. The molecule has 0 fully saturated rings. The third-order valence-corrected chi connectivity index (χ3v) is 2.24. The van der Waals surface area contributed by atoms with Crippen molar-refractivity contribution in [2.45, 2.75) is 25.9 Å². The Kier molecular flexibility index (Phi) is 4.01. The highest BCUT2D eigenvalue weighted by Crippen LogP contribution is 2.25. The molecule has 4 heteroatoms. The molecule has 1 rings (SSSR count). The van der Waals surface area contributed by atoms with Crippen molar-refractivity contribution >= 4 is 5.97 Å². The monoisotopic (exact) mass is 226 g/mol. The van der Waals surface area contributed by atoms with Crippen LogP contribution in [-0.4, -0.2) is 17.7 Å². The van der Waals surface area contributed by atoms with Gasteiger partial charge in [0, 0.05) is 0 Å². The van der Waals surface area contributed by atoms with Gasteiger partial charge in [-0.25, -0.2) is 4.39 Å². The van der Waals surface area contributed by atoms with Gasteiger partial charge in [0.15, 0.2) is 0 Å². The first-order valence-electron chi connectivity index (χ1n) is 5.10. The lowest BCUT2D eigenvalue weighted by atomic mass is 9.92. The van der Waals surface area contributed by atoms with Gasteiger partial charge in [0.1, 0.15) is 5.82 Å². The molecular weight excluding hydrogens is 211 g/mol. The van der Waals surface area contributed by atoms with Gasteiger partial charge in [-0.3, -0.25) is 4.79 Å². The zero-order valence-corrected chi connectivity index (χ0v) is 9.37. The van der Waals surface area contributed by atoms with Crippen molar-refractivity contribution < 1.29 is 19.0 Å². The lowest BCUT2D eigenvalue weighted by molar-refractivity contribution is -0.148. The minimum atomic E-state index is -1.41. The smallest absolute Gasteiger partial charge is 0.309 e. The molecule has 0 aliphatic carbocycles. The maximum absolute atomic E-state index is 13.0. The number of hydrogen-bond acceptors (Lipinski definition) is 3. The molecule has 1 N–H and O–H groups in total. The van der Waals surface area contributed by atoms with Crippen molar-refractivity contribution in [3.63, 3.8) is 0 Å². The van der Waals surface area contributed by atoms with E-state index in [0.29, 0.717) is 5.56 Å². The molecule has 1 unspecified atom stereocenters. The van der Waals surface area contributed by atoms with E-state index in [-0.39, 0.29) is 13.0 Å². The molecule has 16 heavy (non-hydrogen) atoms. The number of esters is 1. The average Bonchev–Trinajstić information content (AvgIpc) is 2.17. The minimum Gasteiger partial charge on any atom is -0.466 e. The molecule has 88 valence electrons. The third kappa shape index (κ3) is 3.31. The van der Waals surface area contributed by atoms with E-state index < -0.39 is 17.4 Å². The van der Waals surface area contributed by atoms with Crippen molar-refractivity contribution in [1.82, 2.24) is 0 Å². The fraction of sp³-hybridized carbons (Fsp3) is 0.417. The van der Waals surface area contributed by atoms with Crippen LogP contribution < -0.4 is 0 Å². The van der Waals surface area contributed by atoms with Gasteiger partial charge in [0.2, 0.25) is 0 Å². The summed E-state index contributed by atoms with van der Waals surface area (Å²) >= 11 is 0. The molecule has 1 atom stereocenters. The summed E-state index contributed by atoms with van der Waals surface area (Å²) in [5.41, 5.74) is -1.05. The standard InChI is InChI=1S/C12H15FO3/c1-3-16-11(14)8-12(2,15)9-5-4-6-10(13)7-9/h4-7,15H,3,8H2,1-2H3. The number of rotatable bonds is 4. The molecule has 0 bridgehead atoms. The summed E-state index contributed by atoms with van der Waals surface area (Å²) in [4.78, 5) is 11.2. The van der Waals surface area contributed by atoms with Gasteiger partial charge in [0.05, 0.1) is 18.6 Å². The summed E-state index contributed by atoms with van der Waals surface area (Å²) < 4.78 is 17.7. The van der Waals surface area contributed by atoms with Gasteiger partial charge < -0.3 is 9.84 Å². The maximum atomic E-state index is 13.0. The third-order valence-electron chi connectivity index (χ3n) is 2.24. The van der Waals surface area contributed by atoms with Crippen LogP contribution in [0.15, 0.2) is 24.3 Å². The van der Waals surface area contributed by atoms with Gasteiger partial charge in [-0.15, -0.1) is 0 Å². The molecule has 0 aromatic heterocycles. The molecule has 0 heterocycles. The normalized spacial score (nSPS) is 14.2. The summed E-state index contributed by atoms with van der Waals surface area (Å²) in [5, 5.41) is 10.0. The van der Waals surface area contributed by atoms with Crippen molar-refractivity contribution in [3.05, 3.63) is 35.6 Å². The first kappa shape index (κ1) is 12.6. The first-order valence-corrected chi connectivity index (χ1v) is 5.10. The Morgan fingerprint density at radius 1 is 1.56 bits per heavy atom. The second kappa shape index (κ2) is 5.07. The van der Waals surface area contributed by atoms with Gasteiger partial charge in [-0.05, 0) is 31.5 Å². The Hall–Kier alpha value is -1.42. The number of aliphatic hydroxyl groups is 1. The predicted octanol–water partition coefficient (Wildman–Crippen LogP) is 1.99. The molecule has 0 saturated carbocycles. The summed E-state index contributed by atoms with van der Waals surface area (Å²) in [6, 6.07) is 5.55. The van der Waals surface area contributed by atoms with Crippen molar-refractivity contribution in [2.24, 2.45) is 0 Å². The Balaban J connectivity index is 2.81. The zero-order valence-electron chi connectivity index (χ0n) is 9.37. The van der Waals surface area contributed by atoms with Crippen LogP contribution in [0.3, 0.4) is 0 Å². The Labute approximate surface area is 93.9 Å². The van der Waals surface area contributed by atoms with E-state index >= 15 is 0 Å². The topological polar surface area (TPSA) is 46.5 Å². The van der Waals surface area contributed by atoms with Crippen molar-refractivity contribution in [2.75, 3.05) is 6.61 Å². The van der Waals surface area contributed by atoms with Crippen LogP contribution in [0.2, 0.25) is 0 Å². The van der Waals surface area contributed by atoms with E-state index in [1.54, 1.807) is 13.0 Å². The van der Waals surface area contributed by atoms with Crippen molar-refractivity contribution in [3.8, 4) is 0 Å². The molecule has 0 radical (unpaired) electrons. The number of ether oxygens (including phenoxy) is 1. The largest absolute Gasteiger partial charge is 0.466 e. The van der Waals surface area contributed by atoms with Gasteiger partial charge in [-0.1, -0.05) is 12.1 Å². The number of halogens is 1. The second-order valence-corrected chi connectivity index (χ2v) is 3.77. The lowest BCUT2D eigenvalue weighted by Crippen LogP contribution is -2.26. The number of carbonyl (C=O) groups excluding carboxylic acids is 1. The highest BCUT2D eigenvalue weighted by Gasteiger charge is 2.27. The van der Waals surface area contributed by atoms with E-state index in [1.807, 2.05) is 0 Å². The zero-order chi connectivity index (χ0) is 12.2. The van der Waals surface area contributed by atoms with Crippen LogP contribution in [0.5, 0.6) is 0 Å². The number of carbonyl (C=O) groups is 1. The molecule has 0 amide bonds. The first-order chi connectivity index (χ1) is 7.45. The molecule has 1 aromatic carbocycles. The molecular formula is C12H15FO3. The Morgan fingerprint density at radius 3 is 2.81 bits per heavy atom. The van der Waals surface area contributed by atoms with Crippen LogP contribution in [0.25, 0.3) is 0 Å². The predicted molar refractivity (Wildman–Crippen MR) is 57.2 cm³/mol. The number of benzene rings is 1. The summed E-state index contributed by atoms with van der Waals surface area (Å²) in [6.45, 7) is 3.41. The van der Waals surface area contributed by atoms with Crippen LogP contribution in [0.4, 0.5) is 4.39 Å². The van der Waals surface area contributed by atoms with Crippen LogP contribution in [-0.2, 0) is 15.1 Å². The lowest BCUT2D eigenvalue weighted by Gasteiger charge is -2.22. The van der Waals surface area contributed by atoms with E-state index in [9.17, 15) is 14.3 Å². The Bertz CT molecular complexity index is 374. The fourth-order valence-corrected chi connectivity index (χ4v) is 1.42. The van der Waals surface area contributed by atoms with E-state index in [1.165, 1.54) is 25.1 Å². The van der Waals surface area contributed by atoms with Gasteiger partial charge >= 0.3 is 5.97 Å². The molecule has 0 aliphatic rings. The quantitative estimate of drug-likeness (QED) is 0.798. The van der Waals surface area contributed by atoms with Crippen LogP contribution in [0.1, 0.15) is 25.8 Å². The molecule has 0 aliphatic heterocycles. The highest BCUT2D eigenvalue weighted by molar-refractivity contribution is 5.71. The molecule has 1 aromatic rings. The van der Waals surface area contributed by atoms with E-state index in [0.717, 1.165) is 0 Å². The minimum absolute atomic E-state index is 0.190. The summed E-state index contributed by atoms with van der Waals surface area (Å²) in [6.07, 6.45) is -0.190. The van der Waals surface area contributed by atoms with Gasteiger partial charge in [0.25, 0.3) is 0 Å². The second-order valence-electron chi connectivity index (χ2n) is 3.77. The van der Waals surface area contributed by atoms with Crippen LogP contribution >= 0.6 is 0 Å². The van der Waals surface area contributed by atoms with Crippen LogP contribution in [0, 0.1) is 5.82 Å². The summed E-state index contributed by atoms with van der Waals surface area (Å²) in [7, 11) is 0. The SMILES string of the molecule is CCOC(=O)CC(C)(O)c1cccc(F)c1. The molecule has 0 spiro atoms. The fourth-order valence-electron chi connectivity index (χ4n) is 1.42. The molecule has 3 nitrogen and oxygen atoms in total. The van der Waals surface area contributed by atoms with E-state index in [2.05, 4.69) is 0 Å². The summed E-state index contributed by atoms with van der Waals surface area (Å²) in [5.74, 6) is -0.946. The average molecular weight is 226 g/mol. The Morgan fingerprint density at radius 2 is 2.25 bits per heavy atom.